The summed E-state index contributed by atoms with van der Waals surface area (Å²) in [4.78, 5) is 28.1. The van der Waals surface area contributed by atoms with Crippen molar-refractivity contribution in [3.63, 3.8) is 0 Å². The van der Waals surface area contributed by atoms with Crippen molar-refractivity contribution in [3.05, 3.63) is 101 Å². The van der Waals surface area contributed by atoms with Gasteiger partial charge in [-0.15, -0.1) is 0 Å². The average Bonchev–Trinajstić information content (AvgIpc) is 3.78. The largest absolute Gasteiger partial charge is 0.346 e. The third kappa shape index (κ3) is 6.39. The van der Waals surface area contributed by atoms with E-state index in [1.54, 1.807) is 12.1 Å². The number of amides is 2. The van der Waals surface area contributed by atoms with Gasteiger partial charge in [0.1, 0.15) is 10.3 Å². The van der Waals surface area contributed by atoms with Gasteiger partial charge in [0, 0.05) is 17.2 Å². The predicted molar refractivity (Wildman–Crippen MR) is 151 cm³/mol. The van der Waals surface area contributed by atoms with Crippen LogP contribution in [0.5, 0.6) is 0 Å². The summed E-state index contributed by atoms with van der Waals surface area (Å²) in [5.74, 6) is 0.357. The Balaban J connectivity index is 1.35. The molecule has 2 fully saturated rings. The fourth-order valence-corrected chi connectivity index (χ4v) is 5.62. The number of rotatable bonds is 8. The zero-order valence-electron chi connectivity index (χ0n) is 22.0. The summed E-state index contributed by atoms with van der Waals surface area (Å²) < 4.78 is 0. The molecule has 5 N–H and O–H groups in total. The Bertz CT molecular complexity index is 1330. The molecule has 2 saturated carbocycles. The molecule has 200 valence electrons. The van der Waals surface area contributed by atoms with Gasteiger partial charge in [0.05, 0.1) is 6.54 Å². The van der Waals surface area contributed by atoms with Crippen LogP contribution < -0.4 is 21.5 Å². The molecule has 2 aliphatic rings. The molecule has 3 aromatic carbocycles. The van der Waals surface area contributed by atoms with Gasteiger partial charge in [-0.25, -0.2) is 0 Å². The minimum atomic E-state index is -0.415. The molecule has 8 nitrogen and oxygen atoms in total. The Kier molecular flexibility index (Phi) is 8.10. The molecule has 0 bridgehead atoms. The highest BCUT2D eigenvalue weighted by molar-refractivity contribution is 6.05. The Morgan fingerprint density at radius 1 is 0.897 bits per heavy atom. The first-order valence-corrected chi connectivity index (χ1v) is 13.6. The van der Waals surface area contributed by atoms with Crippen molar-refractivity contribution in [2.75, 3.05) is 4.90 Å². The molecule has 0 unspecified atom stereocenters. The molecule has 2 atom stereocenters. The van der Waals surface area contributed by atoms with Gasteiger partial charge >= 0.3 is 5.96 Å². The van der Waals surface area contributed by atoms with Crippen molar-refractivity contribution < 1.29 is 15.1 Å². The smallest absolute Gasteiger partial charge is 0.344 e. The van der Waals surface area contributed by atoms with E-state index in [1.807, 2.05) is 35.2 Å². The highest BCUT2D eigenvalue weighted by atomic mass is 16.2. The van der Waals surface area contributed by atoms with Crippen molar-refractivity contribution in [3.8, 4) is 0 Å². The molecule has 0 aliphatic heterocycles. The quantitative estimate of drug-likeness (QED) is 0.177. The average molecular weight is 524 g/mol. The lowest BCUT2D eigenvalue weighted by molar-refractivity contribution is -0.221. The lowest BCUT2D eigenvalue weighted by atomic mass is 9.84. The van der Waals surface area contributed by atoms with E-state index in [-0.39, 0.29) is 23.7 Å². The van der Waals surface area contributed by atoms with Gasteiger partial charge in [-0.3, -0.25) is 14.9 Å². The standard InChI is InChI=1S/C31H34N6O2/c32-31(35-36-33)34-29(38)25-13-11-21(12-14-25)20-37(30(39)28-19-27(28)24-9-5-2-6-10-24)26-17-15-23(16-18-26)22-7-3-1-4-8-22/h2,5-6,9-18,22,27-28H,1,3-4,7-8,19-20H2,(H4,32,33,34,35,38)/p+1/t27-,28+/m0/s1. The van der Waals surface area contributed by atoms with Gasteiger partial charge in [0.15, 0.2) is 0 Å². The van der Waals surface area contributed by atoms with Crippen molar-refractivity contribution in [1.82, 2.24) is 5.32 Å². The molecule has 3 aromatic rings. The van der Waals surface area contributed by atoms with Crippen LogP contribution in [0, 0.1) is 5.92 Å². The molecular formula is C31H35N6O2+. The van der Waals surface area contributed by atoms with Gasteiger partial charge in [0.2, 0.25) is 5.91 Å². The minimum absolute atomic E-state index is 0.0364. The maximum atomic E-state index is 13.9. The number of guanidine groups is 1. The number of hydrogen-bond donors (Lipinski definition) is 3. The predicted octanol–water partition coefficient (Wildman–Crippen LogP) is 4.24. The zero-order chi connectivity index (χ0) is 27.2. The van der Waals surface area contributed by atoms with E-state index in [9.17, 15) is 9.59 Å². The molecule has 5 rings (SSSR count). The minimum Gasteiger partial charge on any atom is -0.346 e. The first kappa shape index (κ1) is 26.3. The maximum absolute atomic E-state index is 13.9. The van der Waals surface area contributed by atoms with E-state index in [1.165, 1.54) is 43.2 Å². The number of carbonyl (C=O) groups is 2. The Labute approximate surface area is 228 Å². The van der Waals surface area contributed by atoms with Crippen LogP contribution in [0.2, 0.25) is 0 Å². The SMILES string of the molecule is N/C(=N\N=[NH2+])NC(=O)c1ccc(CN(C(=O)[C@@H]2C[C@H]2c2ccccc2)c2ccc(C3CCCCC3)cc2)cc1. The summed E-state index contributed by atoms with van der Waals surface area (Å²) >= 11 is 0. The van der Waals surface area contributed by atoms with Gasteiger partial charge in [-0.05, 0) is 72.1 Å². The third-order valence-electron chi connectivity index (χ3n) is 7.85. The Morgan fingerprint density at radius 3 is 2.26 bits per heavy atom. The number of hydrogen-bond acceptors (Lipinski definition) is 3. The van der Waals surface area contributed by atoms with E-state index >= 15 is 0 Å². The molecule has 0 saturated heterocycles. The van der Waals surface area contributed by atoms with Crippen LogP contribution >= 0.6 is 0 Å². The van der Waals surface area contributed by atoms with Crippen molar-refractivity contribution >= 4 is 23.5 Å². The van der Waals surface area contributed by atoms with Gasteiger partial charge in [0.25, 0.3) is 5.91 Å². The third-order valence-corrected chi connectivity index (χ3v) is 7.85. The summed E-state index contributed by atoms with van der Waals surface area (Å²) in [7, 11) is 0. The molecule has 0 radical (unpaired) electrons. The van der Waals surface area contributed by atoms with E-state index in [0.29, 0.717) is 18.0 Å². The Morgan fingerprint density at radius 2 is 1.59 bits per heavy atom. The van der Waals surface area contributed by atoms with Crippen LogP contribution in [0.15, 0.2) is 89.2 Å². The van der Waals surface area contributed by atoms with Gasteiger partial charge < -0.3 is 10.6 Å². The van der Waals surface area contributed by atoms with Crippen LogP contribution in [0.4, 0.5) is 5.69 Å². The number of benzene rings is 3. The summed E-state index contributed by atoms with van der Waals surface area (Å²) in [6, 6.07) is 25.9. The van der Waals surface area contributed by atoms with E-state index in [2.05, 4.69) is 52.0 Å². The van der Waals surface area contributed by atoms with Crippen LogP contribution in [-0.4, -0.2) is 17.8 Å². The Hall–Kier alpha value is -4.33. The number of anilines is 1. The van der Waals surface area contributed by atoms with E-state index in [0.717, 1.165) is 17.7 Å². The fourth-order valence-electron chi connectivity index (χ4n) is 5.62. The van der Waals surface area contributed by atoms with Crippen LogP contribution in [-0.2, 0) is 11.3 Å². The second kappa shape index (κ2) is 12.0. The second-order valence-corrected chi connectivity index (χ2v) is 10.5. The molecule has 2 aliphatic carbocycles. The summed E-state index contributed by atoms with van der Waals surface area (Å²) in [6.07, 6.45) is 7.23. The summed E-state index contributed by atoms with van der Waals surface area (Å²) in [5, 5.41) is 8.90. The number of nitrogens with one attached hydrogen (secondary N) is 1. The maximum Gasteiger partial charge on any atom is 0.344 e. The zero-order valence-corrected chi connectivity index (χ0v) is 22.0. The molecule has 8 heteroatoms. The van der Waals surface area contributed by atoms with Crippen molar-refractivity contribution in [2.45, 2.75) is 56.9 Å². The van der Waals surface area contributed by atoms with Crippen molar-refractivity contribution in [1.29, 1.82) is 0 Å². The number of nitrogens with two attached hydrogens (primary N) is 2. The summed E-state index contributed by atoms with van der Waals surface area (Å²) in [6.45, 7) is 0.414. The summed E-state index contributed by atoms with van der Waals surface area (Å²) in [5.41, 5.74) is 15.3. The lowest BCUT2D eigenvalue weighted by Gasteiger charge is -2.26. The number of carbonyl (C=O) groups excluding carboxylic acids is 2. The van der Waals surface area contributed by atoms with Gasteiger partial charge in [-0.1, -0.05) is 73.9 Å². The molecular weight excluding hydrogens is 488 g/mol. The van der Waals surface area contributed by atoms with E-state index < -0.39 is 5.91 Å². The molecule has 2 amide bonds. The number of nitrogens with zero attached hydrogens (tertiary/aromatic N) is 3. The molecule has 0 aromatic heterocycles. The second-order valence-electron chi connectivity index (χ2n) is 10.5. The van der Waals surface area contributed by atoms with E-state index in [4.69, 9.17) is 11.3 Å². The highest BCUT2D eigenvalue weighted by Gasteiger charge is 2.46. The molecule has 0 heterocycles. The molecule has 39 heavy (non-hydrogen) atoms. The highest BCUT2D eigenvalue weighted by Crippen LogP contribution is 2.49. The van der Waals surface area contributed by atoms with Crippen molar-refractivity contribution in [2.24, 2.45) is 22.0 Å². The van der Waals surface area contributed by atoms with Crippen LogP contribution in [0.3, 0.4) is 0 Å². The monoisotopic (exact) mass is 523 g/mol. The fraction of sp³-hybridized carbons (Fsp3) is 0.323. The molecule has 0 spiro atoms. The first-order valence-electron chi connectivity index (χ1n) is 13.6. The first-order chi connectivity index (χ1) is 19.0. The lowest BCUT2D eigenvalue weighted by Crippen LogP contribution is -2.37. The van der Waals surface area contributed by atoms with Gasteiger partial charge in [-0.2, -0.15) is 5.53 Å². The normalized spacial score (nSPS) is 19.2. The van der Waals surface area contributed by atoms with Crippen LogP contribution in [0.1, 0.15) is 77.4 Å². The van der Waals surface area contributed by atoms with Crippen LogP contribution in [0.25, 0.3) is 0 Å². The topological polar surface area (TPSA) is 126 Å².